The second kappa shape index (κ2) is 5.32. The van der Waals surface area contributed by atoms with Crippen LogP contribution in [0.5, 0.6) is 0 Å². The van der Waals surface area contributed by atoms with Crippen molar-refractivity contribution in [2.24, 2.45) is 11.7 Å². The van der Waals surface area contributed by atoms with Crippen molar-refractivity contribution in [2.45, 2.75) is 25.8 Å². The van der Waals surface area contributed by atoms with E-state index in [-0.39, 0.29) is 24.3 Å². The molecule has 0 saturated carbocycles. The molecule has 1 aliphatic rings. The van der Waals surface area contributed by atoms with Gasteiger partial charge in [0.05, 0.1) is 12.0 Å². The van der Waals surface area contributed by atoms with Crippen molar-refractivity contribution in [3.8, 4) is 0 Å². The molecule has 8 heteroatoms. The maximum atomic E-state index is 12.3. The summed E-state index contributed by atoms with van der Waals surface area (Å²) in [6.45, 7) is 2.07. The predicted octanol–water partition coefficient (Wildman–Crippen LogP) is 0.914. The number of amides is 2. The lowest BCUT2D eigenvalue weighted by molar-refractivity contribution is -0.402. The van der Waals surface area contributed by atoms with E-state index in [1.165, 1.54) is 11.0 Å². The van der Waals surface area contributed by atoms with E-state index in [1.807, 2.05) is 6.92 Å². The van der Waals surface area contributed by atoms with Crippen molar-refractivity contribution in [2.75, 3.05) is 6.54 Å². The average molecular weight is 281 g/mol. The number of piperidine rings is 1. The van der Waals surface area contributed by atoms with E-state index in [0.717, 1.165) is 6.07 Å². The van der Waals surface area contributed by atoms with Crippen molar-refractivity contribution in [1.29, 1.82) is 0 Å². The minimum Gasteiger partial charge on any atom is -0.395 e. The van der Waals surface area contributed by atoms with Gasteiger partial charge in [0, 0.05) is 12.6 Å². The van der Waals surface area contributed by atoms with E-state index in [0.29, 0.717) is 12.8 Å². The zero-order chi connectivity index (χ0) is 14.9. The molecule has 1 aliphatic heterocycles. The van der Waals surface area contributed by atoms with Crippen molar-refractivity contribution < 1.29 is 18.9 Å². The van der Waals surface area contributed by atoms with Gasteiger partial charge in [-0.1, -0.05) is 0 Å². The fourth-order valence-corrected chi connectivity index (χ4v) is 2.30. The minimum atomic E-state index is -0.706. The van der Waals surface area contributed by atoms with Crippen LogP contribution >= 0.6 is 0 Å². The Bertz CT molecular complexity index is 553. The SMILES string of the molecule is C[C@@H]1CC[C@@H](C(N)=O)CN1C(=O)c1ccc([N+](=O)[O-])o1. The maximum absolute atomic E-state index is 12.3. The van der Waals surface area contributed by atoms with Crippen LogP contribution in [-0.2, 0) is 4.79 Å². The van der Waals surface area contributed by atoms with E-state index in [4.69, 9.17) is 10.2 Å². The summed E-state index contributed by atoms with van der Waals surface area (Å²) in [5.41, 5.74) is 5.27. The number of primary amides is 1. The van der Waals surface area contributed by atoms with Crippen LogP contribution in [0.4, 0.5) is 5.88 Å². The number of carbonyl (C=O) groups is 2. The van der Waals surface area contributed by atoms with Crippen molar-refractivity contribution in [3.63, 3.8) is 0 Å². The van der Waals surface area contributed by atoms with E-state index >= 15 is 0 Å². The van der Waals surface area contributed by atoms with Gasteiger partial charge in [0.15, 0.2) is 5.76 Å². The number of nitro groups is 1. The molecular formula is C12H15N3O5. The van der Waals surface area contributed by atoms with Crippen LogP contribution in [0.2, 0.25) is 0 Å². The molecule has 2 atom stereocenters. The molecule has 0 aliphatic carbocycles. The molecule has 0 unspecified atom stereocenters. The highest BCUT2D eigenvalue weighted by Crippen LogP contribution is 2.25. The topological polar surface area (TPSA) is 120 Å². The molecule has 1 aromatic rings. The zero-order valence-corrected chi connectivity index (χ0v) is 10.9. The Morgan fingerprint density at radius 3 is 2.70 bits per heavy atom. The van der Waals surface area contributed by atoms with Crippen LogP contribution in [0.15, 0.2) is 16.5 Å². The summed E-state index contributed by atoms with van der Waals surface area (Å²) in [7, 11) is 0. The number of nitrogens with zero attached hydrogens (tertiary/aromatic N) is 2. The third-order valence-corrected chi connectivity index (χ3v) is 3.53. The highest BCUT2D eigenvalue weighted by Gasteiger charge is 2.33. The zero-order valence-electron chi connectivity index (χ0n) is 10.9. The Labute approximate surface area is 114 Å². The summed E-state index contributed by atoms with van der Waals surface area (Å²) < 4.78 is 4.90. The van der Waals surface area contributed by atoms with Crippen LogP contribution in [-0.4, -0.2) is 34.2 Å². The van der Waals surface area contributed by atoms with Crippen LogP contribution in [0.25, 0.3) is 0 Å². The maximum Gasteiger partial charge on any atom is 0.433 e. The highest BCUT2D eigenvalue weighted by molar-refractivity contribution is 5.92. The first-order chi connectivity index (χ1) is 9.40. The van der Waals surface area contributed by atoms with Crippen LogP contribution in [0.3, 0.4) is 0 Å². The Balaban J connectivity index is 2.17. The molecule has 2 rings (SSSR count). The third-order valence-electron chi connectivity index (χ3n) is 3.53. The van der Waals surface area contributed by atoms with Crippen LogP contribution in [0.1, 0.15) is 30.3 Å². The monoisotopic (exact) mass is 281 g/mol. The molecule has 1 fully saturated rings. The fourth-order valence-electron chi connectivity index (χ4n) is 2.30. The van der Waals surface area contributed by atoms with E-state index in [9.17, 15) is 19.7 Å². The lowest BCUT2D eigenvalue weighted by Gasteiger charge is -2.36. The number of carbonyl (C=O) groups excluding carboxylic acids is 2. The van der Waals surface area contributed by atoms with Gasteiger partial charge in [-0.2, -0.15) is 0 Å². The largest absolute Gasteiger partial charge is 0.433 e. The number of likely N-dealkylation sites (tertiary alicyclic amines) is 1. The summed E-state index contributed by atoms with van der Waals surface area (Å²) in [5.74, 6) is -1.88. The van der Waals surface area contributed by atoms with E-state index < -0.39 is 22.6 Å². The van der Waals surface area contributed by atoms with Gasteiger partial charge in [-0.15, -0.1) is 0 Å². The smallest absolute Gasteiger partial charge is 0.395 e. The first-order valence-electron chi connectivity index (χ1n) is 6.24. The van der Waals surface area contributed by atoms with E-state index in [2.05, 4.69) is 0 Å². The molecule has 2 heterocycles. The quantitative estimate of drug-likeness (QED) is 0.652. The molecule has 2 N–H and O–H groups in total. The summed E-state index contributed by atoms with van der Waals surface area (Å²) in [4.78, 5) is 34.8. The van der Waals surface area contributed by atoms with Crippen LogP contribution in [0, 0.1) is 16.0 Å². The Morgan fingerprint density at radius 2 is 2.15 bits per heavy atom. The Hall–Kier alpha value is -2.38. The molecule has 0 aromatic carbocycles. The number of hydrogen-bond donors (Lipinski definition) is 1. The van der Waals surface area contributed by atoms with Crippen molar-refractivity contribution in [3.05, 3.63) is 28.0 Å². The molecule has 0 radical (unpaired) electrons. The molecule has 8 nitrogen and oxygen atoms in total. The fraction of sp³-hybridized carbons (Fsp3) is 0.500. The second-order valence-electron chi connectivity index (χ2n) is 4.88. The van der Waals surface area contributed by atoms with E-state index in [1.54, 1.807) is 0 Å². The molecule has 20 heavy (non-hydrogen) atoms. The molecular weight excluding hydrogens is 266 g/mol. The van der Waals surface area contributed by atoms with Gasteiger partial charge in [-0.3, -0.25) is 19.7 Å². The van der Waals surface area contributed by atoms with Gasteiger partial charge in [0.2, 0.25) is 5.91 Å². The second-order valence-corrected chi connectivity index (χ2v) is 4.88. The average Bonchev–Trinajstić information content (AvgIpc) is 2.88. The van der Waals surface area contributed by atoms with Gasteiger partial charge in [0.25, 0.3) is 5.91 Å². The molecule has 0 spiro atoms. The van der Waals surface area contributed by atoms with Gasteiger partial charge >= 0.3 is 5.88 Å². The van der Waals surface area contributed by atoms with Gasteiger partial charge in [-0.25, -0.2) is 0 Å². The number of nitrogens with two attached hydrogens (primary N) is 1. The molecule has 1 saturated heterocycles. The number of furan rings is 1. The van der Waals surface area contributed by atoms with Gasteiger partial charge < -0.3 is 15.1 Å². The summed E-state index contributed by atoms with van der Waals surface area (Å²) >= 11 is 0. The predicted molar refractivity (Wildman–Crippen MR) is 67.8 cm³/mol. The minimum absolute atomic E-state index is 0.0674. The molecule has 2 amide bonds. The first-order valence-corrected chi connectivity index (χ1v) is 6.24. The summed E-state index contributed by atoms with van der Waals surface area (Å²) in [6.07, 6.45) is 1.29. The summed E-state index contributed by atoms with van der Waals surface area (Å²) in [6, 6.07) is 2.33. The molecule has 108 valence electrons. The molecule has 1 aromatic heterocycles. The highest BCUT2D eigenvalue weighted by atomic mass is 16.6. The molecule has 0 bridgehead atoms. The van der Waals surface area contributed by atoms with Crippen molar-refractivity contribution in [1.82, 2.24) is 4.90 Å². The third kappa shape index (κ3) is 2.63. The van der Waals surface area contributed by atoms with Gasteiger partial charge in [0.1, 0.15) is 4.92 Å². The lowest BCUT2D eigenvalue weighted by Crippen LogP contribution is -2.48. The normalized spacial score (nSPS) is 22.6. The van der Waals surface area contributed by atoms with Gasteiger partial charge in [-0.05, 0) is 25.8 Å². The van der Waals surface area contributed by atoms with Crippen LogP contribution < -0.4 is 5.73 Å². The number of rotatable bonds is 3. The van der Waals surface area contributed by atoms with Crippen molar-refractivity contribution >= 4 is 17.7 Å². The lowest BCUT2D eigenvalue weighted by atomic mass is 9.93. The first kappa shape index (κ1) is 14.0. The number of hydrogen-bond acceptors (Lipinski definition) is 5. The summed E-state index contributed by atoms with van der Waals surface area (Å²) in [5, 5.41) is 10.5. The Kier molecular flexibility index (Phi) is 3.73. The standard InChI is InChI=1S/C12H15N3O5/c1-7-2-3-8(11(13)16)6-14(7)12(17)9-4-5-10(20-9)15(18)19/h4-5,7-8H,2-3,6H2,1H3,(H2,13,16)/t7-,8-/m1/s1. The Morgan fingerprint density at radius 1 is 1.45 bits per heavy atom.